The van der Waals surface area contributed by atoms with Gasteiger partial charge in [-0.05, 0) is 52.7 Å². The number of hydrogen-bond donors (Lipinski definition) is 2. The van der Waals surface area contributed by atoms with Gasteiger partial charge in [-0.2, -0.15) is 0 Å². The van der Waals surface area contributed by atoms with Gasteiger partial charge >= 0.3 is 0 Å². The largest absolute Gasteiger partial charge is 0.399 e. The fourth-order valence-corrected chi connectivity index (χ4v) is 1.76. The molecule has 1 aromatic carbocycles. The first-order chi connectivity index (χ1) is 9.31. The number of nitrogens with one attached hydrogen (secondary N) is 1. The molecule has 0 aliphatic heterocycles. The monoisotopic (exact) mass is 278 g/mol. The molecule has 1 unspecified atom stereocenters. The Labute approximate surface area is 121 Å². The Morgan fingerprint density at radius 3 is 2.55 bits per heavy atom. The summed E-state index contributed by atoms with van der Waals surface area (Å²) < 4.78 is 0. The molecule has 0 radical (unpaired) electrons. The van der Waals surface area contributed by atoms with E-state index in [0.717, 1.165) is 24.3 Å². The van der Waals surface area contributed by atoms with Crippen LogP contribution in [-0.2, 0) is 4.79 Å². The average molecular weight is 278 g/mol. The van der Waals surface area contributed by atoms with Gasteiger partial charge in [0.15, 0.2) is 0 Å². The number of carbonyl (C=O) groups excluding carboxylic acids is 1. The number of likely N-dealkylation sites (N-methyl/N-ethyl adjacent to an activating group) is 2. The van der Waals surface area contributed by atoms with Crippen LogP contribution in [0, 0.1) is 6.92 Å². The van der Waals surface area contributed by atoms with Crippen LogP contribution in [0.4, 0.5) is 11.4 Å². The minimum absolute atomic E-state index is 0.0139. The van der Waals surface area contributed by atoms with Gasteiger partial charge in [0, 0.05) is 24.5 Å². The Kier molecular flexibility index (Phi) is 5.98. The predicted molar refractivity (Wildman–Crippen MR) is 84.9 cm³/mol. The fraction of sp³-hybridized carbons (Fsp3) is 0.533. The zero-order chi connectivity index (χ0) is 15.3. The number of carbonyl (C=O) groups is 1. The first-order valence-corrected chi connectivity index (χ1v) is 6.83. The number of aryl methyl sites for hydroxylation is 1. The van der Waals surface area contributed by atoms with Crippen molar-refractivity contribution in [2.45, 2.75) is 19.9 Å². The predicted octanol–water partition coefficient (Wildman–Crippen LogP) is 1.40. The van der Waals surface area contributed by atoms with E-state index in [2.05, 4.69) is 10.2 Å². The molecule has 0 fully saturated rings. The molecule has 0 bridgehead atoms. The highest BCUT2D eigenvalue weighted by atomic mass is 16.2. The van der Waals surface area contributed by atoms with Crippen LogP contribution in [0.15, 0.2) is 18.2 Å². The molecule has 1 amide bonds. The van der Waals surface area contributed by atoms with Crippen LogP contribution < -0.4 is 11.1 Å². The van der Waals surface area contributed by atoms with E-state index in [4.69, 9.17) is 5.73 Å². The minimum atomic E-state index is -0.184. The maximum Gasteiger partial charge on any atom is 0.241 e. The number of benzene rings is 1. The van der Waals surface area contributed by atoms with E-state index in [9.17, 15) is 4.79 Å². The van der Waals surface area contributed by atoms with E-state index in [1.54, 1.807) is 6.07 Å². The summed E-state index contributed by atoms with van der Waals surface area (Å²) in [7, 11) is 6.00. The maximum atomic E-state index is 12.3. The Bertz CT molecular complexity index is 459. The van der Waals surface area contributed by atoms with Gasteiger partial charge in [-0.3, -0.25) is 9.69 Å². The smallest absolute Gasteiger partial charge is 0.241 e. The van der Waals surface area contributed by atoms with Crippen molar-refractivity contribution in [3.63, 3.8) is 0 Å². The van der Waals surface area contributed by atoms with Gasteiger partial charge in [0.25, 0.3) is 0 Å². The second-order valence-corrected chi connectivity index (χ2v) is 5.52. The SMILES string of the molecule is Cc1ccc(N)cc1NC(=O)C(C)N(C)CCN(C)C. The van der Waals surface area contributed by atoms with Crippen molar-refractivity contribution in [2.75, 3.05) is 45.3 Å². The lowest BCUT2D eigenvalue weighted by molar-refractivity contribution is -0.120. The van der Waals surface area contributed by atoms with E-state index < -0.39 is 0 Å². The van der Waals surface area contributed by atoms with Crippen LogP contribution in [0.5, 0.6) is 0 Å². The molecule has 1 aromatic rings. The first kappa shape index (κ1) is 16.5. The molecule has 0 saturated heterocycles. The van der Waals surface area contributed by atoms with E-state index in [1.807, 2.05) is 52.0 Å². The molecule has 0 aliphatic carbocycles. The Morgan fingerprint density at radius 1 is 1.30 bits per heavy atom. The lowest BCUT2D eigenvalue weighted by Gasteiger charge is -2.25. The van der Waals surface area contributed by atoms with Gasteiger partial charge < -0.3 is 16.0 Å². The highest BCUT2D eigenvalue weighted by Gasteiger charge is 2.18. The summed E-state index contributed by atoms with van der Waals surface area (Å²) in [4.78, 5) is 16.4. The van der Waals surface area contributed by atoms with Gasteiger partial charge in [-0.1, -0.05) is 6.07 Å². The van der Waals surface area contributed by atoms with Crippen molar-refractivity contribution in [3.05, 3.63) is 23.8 Å². The summed E-state index contributed by atoms with van der Waals surface area (Å²) in [6.07, 6.45) is 0. The van der Waals surface area contributed by atoms with Crippen molar-refractivity contribution in [1.29, 1.82) is 0 Å². The third-order valence-corrected chi connectivity index (χ3v) is 3.46. The number of nitrogens with zero attached hydrogens (tertiary/aromatic N) is 2. The van der Waals surface area contributed by atoms with E-state index >= 15 is 0 Å². The molecule has 3 N–H and O–H groups in total. The number of nitrogens with two attached hydrogens (primary N) is 1. The Balaban J connectivity index is 2.63. The number of rotatable bonds is 6. The quantitative estimate of drug-likeness (QED) is 0.772. The zero-order valence-electron chi connectivity index (χ0n) is 13.1. The van der Waals surface area contributed by atoms with Crippen LogP contribution in [0.25, 0.3) is 0 Å². The molecular formula is C15H26N4O. The molecule has 0 aliphatic rings. The van der Waals surface area contributed by atoms with Gasteiger partial charge in [0.2, 0.25) is 5.91 Å². The van der Waals surface area contributed by atoms with Crippen LogP contribution in [0.2, 0.25) is 0 Å². The number of amides is 1. The summed E-state index contributed by atoms with van der Waals surface area (Å²) in [6, 6.07) is 5.35. The molecule has 5 nitrogen and oxygen atoms in total. The molecular weight excluding hydrogens is 252 g/mol. The first-order valence-electron chi connectivity index (χ1n) is 6.83. The molecule has 20 heavy (non-hydrogen) atoms. The number of nitrogen functional groups attached to an aromatic ring is 1. The third-order valence-electron chi connectivity index (χ3n) is 3.46. The Hall–Kier alpha value is -1.59. The van der Waals surface area contributed by atoms with Crippen molar-refractivity contribution in [3.8, 4) is 0 Å². The normalized spacial score (nSPS) is 12.8. The zero-order valence-corrected chi connectivity index (χ0v) is 13.1. The highest BCUT2D eigenvalue weighted by Crippen LogP contribution is 2.18. The summed E-state index contributed by atoms with van der Waals surface area (Å²) in [5.74, 6) is -0.0139. The minimum Gasteiger partial charge on any atom is -0.399 e. The van der Waals surface area contributed by atoms with Gasteiger partial charge in [0.1, 0.15) is 0 Å². The summed E-state index contributed by atoms with van der Waals surface area (Å²) in [6.45, 7) is 5.63. The van der Waals surface area contributed by atoms with Crippen LogP contribution in [0.3, 0.4) is 0 Å². The summed E-state index contributed by atoms with van der Waals surface area (Å²) in [5.41, 5.74) is 8.20. The van der Waals surface area contributed by atoms with Crippen molar-refractivity contribution in [2.24, 2.45) is 0 Å². The lowest BCUT2D eigenvalue weighted by atomic mass is 10.1. The van der Waals surface area contributed by atoms with E-state index in [1.165, 1.54) is 0 Å². The molecule has 5 heteroatoms. The topological polar surface area (TPSA) is 61.6 Å². The molecule has 0 heterocycles. The molecule has 0 saturated carbocycles. The molecule has 0 aromatic heterocycles. The van der Waals surface area contributed by atoms with Crippen molar-refractivity contribution in [1.82, 2.24) is 9.80 Å². The van der Waals surface area contributed by atoms with E-state index in [-0.39, 0.29) is 11.9 Å². The van der Waals surface area contributed by atoms with Gasteiger partial charge in [0.05, 0.1) is 6.04 Å². The van der Waals surface area contributed by atoms with Crippen LogP contribution in [0.1, 0.15) is 12.5 Å². The summed E-state index contributed by atoms with van der Waals surface area (Å²) >= 11 is 0. The third kappa shape index (κ3) is 4.83. The fourth-order valence-electron chi connectivity index (χ4n) is 1.76. The van der Waals surface area contributed by atoms with Crippen LogP contribution in [-0.4, -0.2) is 56.0 Å². The number of anilines is 2. The molecule has 112 valence electrons. The lowest BCUT2D eigenvalue weighted by Crippen LogP contribution is -2.42. The van der Waals surface area contributed by atoms with Crippen molar-refractivity contribution < 1.29 is 4.79 Å². The average Bonchev–Trinajstić information content (AvgIpc) is 2.39. The summed E-state index contributed by atoms with van der Waals surface area (Å²) in [5, 5.41) is 2.95. The Morgan fingerprint density at radius 2 is 1.95 bits per heavy atom. The van der Waals surface area contributed by atoms with Crippen LogP contribution >= 0.6 is 0 Å². The number of hydrogen-bond acceptors (Lipinski definition) is 4. The highest BCUT2D eigenvalue weighted by molar-refractivity contribution is 5.95. The second-order valence-electron chi connectivity index (χ2n) is 5.52. The molecule has 0 spiro atoms. The van der Waals surface area contributed by atoms with Gasteiger partial charge in [-0.25, -0.2) is 0 Å². The second kappa shape index (κ2) is 7.26. The van der Waals surface area contributed by atoms with Gasteiger partial charge in [-0.15, -0.1) is 0 Å². The van der Waals surface area contributed by atoms with E-state index in [0.29, 0.717) is 5.69 Å². The molecule has 1 atom stereocenters. The standard InChI is InChI=1S/C15H26N4O/c1-11-6-7-13(16)10-14(11)17-15(20)12(2)19(5)9-8-18(3)4/h6-7,10,12H,8-9,16H2,1-5H3,(H,17,20). The maximum absolute atomic E-state index is 12.3. The molecule has 1 rings (SSSR count). The van der Waals surface area contributed by atoms with Crippen molar-refractivity contribution >= 4 is 17.3 Å².